The molecular weight excluding hydrogens is 194 g/mol. The molecule has 0 atom stereocenters. The van der Waals surface area contributed by atoms with Crippen LogP contribution in [0.4, 0.5) is 0 Å². The summed E-state index contributed by atoms with van der Waals surface area (Å²) in [6, 6.07) is 10.7. The van der Waals surface area contributed by atoms with Gasteiger partial charge in [-0.15, -0.1) is 0 Å². The predicted molar refractivity (Wildman–Crippen MR) is 71.7 cm³/mol. The van der Waals surface area contributed by atoms with Gasteiger partial charge in [0.2, 0.25) is 0 Å². The minimum atomic E-state index is 0.437. The van der Waals surface area contributed by atoms with Crippen LogP contribution in [0.3, 0.4) is 0 Å². The molecule has 0 fully saturated rings. The zero-order chi connectivity index (χ0) is 11.9. The second-order valence-corrected chi connectivity index (χ2v) is 5.28. The lowest BCUT2D eigenvalue weighted by Gasteiger charge is -2.22. The van der Waals surface area contributed by atoms with Gasteiger partial charge in [-0.1, -0.05) is 51.1 Å². The van der Waals surface area contributed by atoms with Crippen molar-refractivity contribution in [2.45, 2.75) is 40.0 Å². The van der Waals surface area contributed by atoms with Crippen molar-refractivity contribution in [3.8, 4) is 0 Å². The van der Waals surface area contributed by atoms with Gasteiger partial charge in [0, 0.05) is 6.54 Å². The number of benzene rings is 1. The molecule has 1 nitrogen and oxygen atoms in total. The molecule has 0 heterocycles. The fourth-order valence-electron chi connectivity index (χ4n) is 1.61. The lowest BCUT2D eigenvalue weighted by molar-refractivity contribution is 0.328. The molecule has 1 aromatic rings. The van der Waals surface area contributed by atoms with Crippen LogP contribution >= 0.6 is 0 Å². The topological polar surface area (TPSA) is 12.0 Å². The van der Waals surface area contributed by atoms with Gasteiger partial charge in [-0.2, -0.15) is 0 Å². The van der Waals surface area contributed by atoms with Gasteiger partial charge in [0.25, 0.3) is 0 Å². The van der Waals surface area contributed by atoms with Crippen molar-refractivity contribution in [2.24, 2.45) is 5.41 Å². The molecule has 0 amide bonds. The molecule has 0 aromatic heterocycles. The summed E-state index contributed by atoms with van der Waals surface area (Å²) < 4.78 is 0. The summed E-state index contributed by atoms with van der Waals surface area (Å²) in [5.41, 5.74) is 1.88. The SMILES string of the molecule is CCC(C)(C)CNCCCc1ccccc1. The third kappa shape index (κ3) is 5.32. The quantitative estimate of drug-likeness (QED) is 0.690. The number of hydrogen-bond donors (Lipinski definition) is 1. The van der Waals surface area contributed by atoms with Gasteiger partial charge in [0.15, 0.2) is 0 Å². The van der Waals surface area contributed by atoms with Crippen LogP contribution in [0.5, 0.6) is 0 Å². The van der Waals surface area contributed by atoms with E-state index in [9.17, 15) is 0 Å². The second-order valence-electron chi connectivity index (χ2n) is 5.28. The predicted octanol–water partition coefficient (Wildman–Crippen LogP) is 3.65. The van der Waals surface area contributed by atoms with Gasteiger partial charge < -0.3 is 5.32 Å². The van der Waals surface area contributed by atoms with E-state index in [-0.39, 0.29) is 0 Å². The first-order chi connectivity index (χ1) is 7.64. The van der Waals surface area contributed by atoms with E-state index in [1.165, 1.54) is 24.8 Å². The van der Waals surface area contributed by atoms with Crippen molar-refractivity contribution < 1.29 is 0 Å². The summed E-state index contributed by atoms with van der Waals surface area (Å²) in [4.78, 5) is 0. The Labute approximate surface area is 100 Å². The van der Waals surface area contributed by atoms with Gasteiger partial charge in [0.1, 0.15) is 0 Å². The lowest BCUT2D eigenvalue weighted by Crippen LogP contribution is -2.29. The maximum Gasteiger partial charge on any atom is 0.000242 e. The van der Waals surface area contributed by atoms with E-state index in [4.69, 9.17) is 0 Å². The Bertz CT molecular complexity index is 277. The van der Waals surface area contributed by atoms with Crippen molar-refractivity contribution in [2.75, 3.05) is 13.1 Å². The average Bonchev–Trinajstić information content (AvgIpc) is 2.30. The lowest BCUT2D eigenvalue weighted by atomic mass is 9.90. The Morgan fingerprint density at radius 2 is 1.81 bits per heavy atom. The molecule has 0 aliphatic heterocycles. The van der Waals surface area contributed by atoms with Crippen LogP contribution in [-0.4, -0.2) is 13.1 Å². The van der Waals surface area contributed by atoms with Crippen LogP contribution in [-0.2, 0) is 6.42 Å². The Kier molecular flexibility index (Phi) is 5.54. The van der Waals surface area contributed by atoms with E-state index >= 15 is 0 Å². The molecular formula is C15H25N. The fraction of sp³-hybridized carbons (Fsp3) is 0.600. The summed E-state index contributed by atoms with van der Waals surface area (Å²) in [5, 5.41) is 3.55. The number of aryl methyl sites for hydroxylation is 1. The minimum Gasteiger partial charge on any atom is -0.316 e. The zero-order valence-electron chi connectivity index (χ0n) is 10.9. The van der Waals surface area contributed by atoms with Gasteiger partial charge in [-0.05, 0) is 36.8 Å². The Hall–Kier alpha value is -0.820. The summed E-state index contributed by atoms with van der Waals surface area (Å²) >= 11 is 0. The normalized spacial score (nSPS) is 11.7. The van der Waals surface area contributed by atoms with E-state index in [1.807, 2.05) is 0 Å². The van der Waals surface area contributed by atoms with Gasteiger partial charge in [-0.3, -0.25) is 0 Å². The molecule has 0 bridgehead atoms. The summed E-state index contributed by atoms with van der Waals surface area (Å²) in [5.74, 6) is 0. The van der Waals surface area contributed by atoms with Gasteiger partial charge >= 0.3 is 0 Å². The minimum absolute atomic E-state index is 0.437. The highest BCUT2D eigenvalue weighted by Gasteiger charge is 2.13. The average molecular weight is 219 g/mol. The molecule has 0 spiro atoms. The van der Waals surface area contributed by atoms with Crippen LogP contribution in [0.1, 0.15) is 39.2 Å². The molecule has 0 saturated carbocycles. The van der Waals surface area contributed by atoms with Crippen molar-refractivity contribution in [1.82, 2.24) is 5.32 Å². The molecule has 1 N–H and O–H groups in total. The van der Waals surface area contributed by atoms with Gasteiger partial charge in [-0.25, -0.2) is 0 Å². The fourth-order valence-corrected chi connectivity index (χ4v) is 1.61. The molecule has 1 aromatic carbocycles. The van der Waals surface area contributed by atoms with Crippen molar-refractivity contribution in [1.29, 1.82) is 0 Å². The van der Waals surface area contributed by atoms with E-state index < -0.39 is 0 Å². The van der Waals surface area contributed by atoms with Crippen molar-refractivity contribution >= 4 is 0 Å². The van der Waals surface area contributed by atoms with Crippen LogP contribution in [0.25, 0.3) is 0 Å². The standard InChI is InChI=1S/C15H25N/c1-4-15(2,3)13-16-12-8-11-14-9-6-5-7-10-14/h5-7,9-10,16H,4,8,11-13H2,1-3H3. The zero-order valence-corrected chi connectivity index (χ0v) is 10.9. The monoisotopic (exact) mass is 219 g/mol. The van der Waals surface area contributed by atoms with Gasteiger partial charge in [0.05, 0.1) is 0 Å². The van der Waals surface area contributed by atoms with Crippen LogP contribution in [0, 0.1) is 5.41 Å². The largest absolute Gasteiger partial charge is 0.316 e. The molecule has 0 aliphatic rings. The third-order valence-electron chi connectivity index (χ3n) is 3.22. The van der Waals surface area contributed by atoms with Crippen molar-refractivity contribution in [3.05, 3.63) is 35.9 Å². The first-order valence-electron chi connectivity index (χ1n) is 6.39. The van der Waals surface area contributed by atoms with Crippen LogP contribution in [0.2, 0.25) is 0 Å². The third-order valence-corrected chi connectivity index (χ3v) is 3.22. The number of nitrogens with one attached hydrogen (secondary N) is 1. The number of hydrogen-bond acceptors (Lipinski definition) is 1. The highest BCUT2D eigenvalue weighted by Crippen LogP contribution is 2.17. The van der Waals surface area contributed by atoms with E-state index in [2.05, 4.69) is 56.4 Å². The maximum absolute atomic E-state index is 3.55. The van der Waals surface area contributed by atoms with Crippen LogP contribution in [0.15, 0.2) is 30.3 Å². The molecule has 0 radical (unpaired) electrons. The first-order valence-corrected chi connectivity index (χ1v) is 6.39. The highest BCUT2D eigenvalue weighted by atomic mass is 14.9. The summed E-state index contributed by atoms with van der Waals surface area (Å²) in [6.07, 6.45) is 3.64. The summed E-state index contributed by atoms with van der Waals surface area (Å²) in [7, 11) is 0. The van der Waals surface area contributed by atoms with E-state index in [0.29, 0.717) is 5.41 Å². The van der Waals surface area contributed by atoms with E-state index in [1.54, 1.807) is 0 Å². The molecule has 1 heteroatoms. The molecule has 0 saturated heterocycles. The Morgan fingerprint density at radius 3 is 2.44 bits per heavy atom. The molecule has 1 rings (SSSR count). The number of rotatable bonds is 7. The van der Waals surface area contributed by atoms with Crippen LogP contribution < -0.4 is 5.32 Å². The van der Waals surface area contributed by atoms with Crippen molar-refractivity contribution in [3.63, 3.8) is 0 Å². The Morgan fingerprint density at radius 1 is 1.12 bits per heavy atom. The second kappa shape index (κ2) is 6.70. The smallest absolute Gasteiger partial charge is 0.000242 e. The highest BCUT2D eigenvalue weighted by molar-refractivity contribution is 5.14. The molecule has 16 heavy (non-hydrogen) atoms. The van der Waals surface area contributed by atoms with E-state index in [0.717, 1.165) is 13.1 Å². The summed E-state index contributed by atoms with van der Waals surface area (Å²) in [6.45, 7) is 9.14. The maximum atomic E-state index is 3.55. The Balaban J connectivity index is 2.09. The molecule has 90 valence electrons. The first kappa shape index (κ1) is 13.2. The molecule has 0 unspecified atom stereocenters. The molecule has 0 aliphatic carbocycles.